The molecule has 0 bridgehead atoms. The van der Waals surface area contributed by atoms with Crippen LogP contribution < -0.4 is 5.32 Å². The number of aliphatic hydroxyl groups excluding tert-OH is 1. The summed E-state index contributed by atoms with van der Waals surface area (Å²) in [6.07, 6.45) is 0.0319. The van der Waals surface area contributed by atoms with Crippen LogP contribution >= 0.6 is 0 Å². The summed E-state index contributed by atoms with van der Waals surface area (Å²) < 4.78 is 0. The van der Waals surface area contributed by atoms with E-state index in [4.69, 9.17) is 0 Å². The lowest BCUT2D eigenvalue weighted by Crippen LogP contribution is -2.24. The van der Waals surface area contributed by atoms with Gasteiger partial charge in [-0.15, -0.1) is 0 Å². The van der Waals surface area contributed by atoms with Crippen LogP contribution in [0, 0.1) is 0 Å². The minimum absolute atomic E-state index is 0.111. The molecule has 0 spiro atoms. The molecule has 3 rings (SSSR count). The predicted octanol–water partition coefficient (Wildman–Crippen LogP) is 4.21. The van der Waals surface area contributed by atoms with Gasteiger partial charge in [-0.05, 0) is 41.7 Å². The smallest absolute Gasteiger partial charge is 0.252 e. The molecule has 26 heavy (non-hydrogen) atoms. The summed E-state index contributed by atoms with van der Waals surface area (Å²) in [5.74, 6) is -0.111. The van der Waals surface area contributed by atoms with Crippen LogP contribution in [0.2, 0.25) is 0 Å². The third kappa shape index (κ3) is 4.38. The largest absolute Gasteiger partial charge is 0.393 e. The number of benzene rings is 3. The Morgan fingerprint density at radius 3 is 2.23 bits per heavy atom. The van der Waals surface area contributed by atoms with Crippen LogP contribution in [-0.4, -0.2) is 17.1 Å². The van der Waals surface area contributed by atoms with Crippen molar-refractivity contribution in [3.8, 4) is 11.1 Å². The van der Waals surface area contributed by atoms with E-state index >= 15 is 0 Å². The fraction of sp³-hybridized carbons (Fsp3) is 0.174. The molecule has 3 heteroatoms. The Morgan fingerprint density at radius 2 is 1.58 bits per heavy atom. The highest BCUT2D eigenvalue weighted by atomic mass is 16.3. The number of carbonyl (C=O) groups excluding carboxylic acids is 1. The van der Waals surface area contributed by atoms with Gasteiger partial charge in [0.2, 0.25) is 0 Å². The van der Waals surface area contributed by atoms with Crippen molar-refractivity contribution in [1.82, 2.24) is 5.32 Å². The lowest BCUT2D eigenvalue weighted by atomic mass is 9.91. The molecule has 0 aliphatic carbocycles. The molecule has 0 fully saturated rings. The maximum absolute atomic E-state index is 12.9. The predicted molar refractivity (Wildman–Crippen MR) is 105 cm³/mol. The van der Waals surface area contributed by atoms with Gasteiger partial charge in [-0.1, -0.05) is 72.8 Å². The van der Waals surface area contributed by atoms with E-state index in [2.05, 4.69) is 5.32 Å². The molecule has 1 unspecified atom stereocenters. The third-order valence-corrected chi connectivity index (χ3v) is 4.27. The molecule has 0 radical (unpaired) electrons. The van der Waals surface area contributed by atoms with Gasteiger partial charge in [-0.25, -0.2) is 0 Å². The van der Waals surface area contributed by atoms with E-state index in [9.17, 15) is 9.90 Å². The summed E-state index contributed by atoms with van der Waals surface area (Å²) in [4.78, 5) is 12.9. The van der Waals surface area contributed by atoms with Gasteiger partial charge in [0.1, 0.15) is 0 Å². The molecule has 3 nitrogen and oxygen atoms in total. The average Bonchev–Trinajstić information content (AvgIpc) is 2.67. The number of nitrogens with one attached hydrogen (secondary N) is 1. The van der Waals surface area contributed by atoms with Gasteiger partial charge < -0.3 is 10.4 Å². The minimum Gasteiger partial charge on any atom is -0.393 e. The van der Waals surface area contributed by atoms with Crippen LogP contribution in [-0.2, 0) is 13.0 Å². The number of amides is 1. The molecular weight excluding hydrogens is 322 g/mol. The van der Waals surface area contributed by atoms with E-state index in [0.717, 1.165) is 22.3 Å². The second kappa shape index (κ2) is 8.45. The van der Waals surface area contributed by atoms with E-state index < -0.39 is 6.10 Å². The van der Waals surface area contributed by atoms with Gasteiger partial charge in [0.15, 0.2) is 0 Å². The number of carbonyl (C=O) groups is 1. The van der Waals surface area contributed by atoms with Crippen molar-refractivity contribution < 1.29 is 9.90 Å². The fourth-order valence-corrected chi connectivity index (χ4v) is 3.10. The van der Waals surface area contributed by atoms with Crippen LogP contribution in [0.1, 0.15) is 28.4 Å². The van der Waals surface area contributed by atoms with Gasteiger partial charge in [0.25, 0.3) is 5.91 Å². The monoisotopic (exact) mass is 345 g/mol. The molecule has 0 aliphatic rings. The van der Waals surface area contributed by atoms with Gasteiger partial charge in [0.05, 0.1) is 6.10 Å². The van der Waals surface area contributed by atoms with Gasteiger partial charge in [-0.2, -0.15) is 0 Å². The summed E-state index contributed by atoms with van der Waals surface area (Å²) >= 11 is 0. The maximum atomic E-state index is 12.9. The lowest BCUT2D eigenvalue weighted by Gasteiger charge is -2.16. The molecule has 1 amide bonds. The summed E-state index contributed by atoms with van der Waals surface area (Å²) in [6.45, 7) is 2.24. The topological polar surface area (TPSA) is 49.3 Å². The molecule has 132 valence electrons. The summed E-state index contributed by atoms with van der Waals surface area (Å²) in [6, 6.07) is 25.4. The molecule has 0 saturated heterocycles. The van der Waals surface area contributed by atoms with Crippen LogP contribution in [0.4, 0.5) is 0 Å². The Hall–Kier alpha value is -2.91. The average molecular weight is 345 g/mol. The fourth-order valence-electron chi connectivity index (χ4n) is 3.10. The molecule has 0 aromatic heterocycles. The Bertz CT molecular complexity index is 858. The quantitative estimate of drug-likeness (QED) is 0.703. The number of rotatable bonds is 6. The highest BCUT2D eigenvalue weighted by Gasteiger charge is 2.17. The highest BCUT2D eigenvalue weighted by Crippen LogP contribution is 2.29. The lowest BCUT2D eigenvalue weighted by molar-refractivity contribution is 0.0951. The van der Waals surface area contributed by atoms with Crippen LogP contribution in [0.5, 0.6) is 0 Å². The van der Waals surface area contributed by atoms with Crippen LogP contribution in [0.15, 0.2) is 78.9 Å². The molecule has 3 aromatic rings. The van der Waals surface area contributed by atoms with E-state index in [0.29, 0.717) is 18.5 Å². The van der Waals surface area contributed by atoms with Crippen molar-refractivity contribution in [1.29, 1.82) is 0 Å². The molecule has 3 aromatic carbocycles. The third-order valence-electron chi connectivity index (χ3n) is 4.27. The zero-order valence-corrected chi connectivity index (χ0v) is 14.9. The summed E-state index contributed by atoms with van der Waals surface area (Å²) in [5, 5.41) is 12.9. The molecule has 1 atom stereocenters. The normalized spacial score (nSPS) is 11.8. The first-order valence-electron chi connectivity index (χ1n) is 8.82. The van der Waals surface area contributed by atoms with Crippen molar-refractivity contribution in [2.45, 2.75) is 26.0 Å². The van der Waals surface area contributed by atoms with Crippen molar-refractivity contribution in [2.75, 3.05) is 0 Å². The second-order valence-electron chi connectivity index (χ2n) is 6.43. The summed E-state index contributed by atoms with van der Waals surface area (Å²) in [5.41, 5.74) is 4.53. The first-order chi connectivity index (χ1) is 12.6. The second-order valence-corrected chi connectivity index (χ2v) is 6.43. The minimum atomic E-state index is -0.472. The Balaban J connectivity index is 1.94. The van der Waals surface area contributed by atoms with Crippen molar-refractivity contribution >= 4 is 5.91 Å². The van der Waals surface area contributed by atoms with Gasteiger partial charge in [0, 0.05) is 12.1 Å². The molecule has 0 heterocycles. The number of hydrogen-bond donors (Lipinski definition) is 2. The maximum Gasteiger partial charge on any atom is 0.252 e. The molecular formula is C23H23NO2. The van der Waals surface area contributed by atoms with Crippen LogP contribution in [0.25, 0.3) is 11.1 Å². The SMILES string of the molecule is CC(O)Cc1cccc(C(=O)NCc2ccccc2)c1-c1ccccc1. The van der Waals surface area contributed by atoms with Crippen molar-refractivity contribution in [3.05, 3.63) is 95.6 Å². The van der Waals surface area contributed by atoms with E-state index in [1.807, 2.05) is 78.9 Å². The Labute approximate surface area is 154 Å². The van der Waals surface area contributed by atoms with Crippen molar-refractivity contribution in [3.63, 3.8) is 0 Å². The zero-order valence-electron chi connectivity index (χ0n) is 14.9. The first-order valence-corrected chi connectivity index (χ1v) is 8.82. The number of hydrogen-bond acceptors (Lipinski definition) is 2. The summed E-state index contributed by atoms with van der Waals surface area (Å²) in [7, 11) is 0. The van der Waals surface area contributed by atoms with Crippen molar-refractivity contribution in [2.24, 2.45) is 0 Å². The van der Waals surface area contributed by atoms with Gasteiger partial charge in [-0.3, -0.25) is 4.79 Å². The number of aliphatic hydroxyl groups is 1. The standard InChI is InChI=1S/C23H23NO2/c1-17(25)15-20-13-8-14-21(22(20)19-11-6-3-7-12-19)23(26)24-16-18-9-4-2-5-10-18/h2-14,17,25H,15-16H2,1H3,(H,24,26). The Morgan fingerprint density at radius 1 is 0.923 bits per heavy atom. The Kier molecular flexibility index (Phi) is 5.82. The van der Waals surface area contributed by atoms with E-state index in [-0.39, 0.29) is 5.91 Å². The first kappa shape index (κ1) is 17.9. The molecule has 2 N–H and O–H groups in total. The molecule has 0 aliphatic heterocycles. The van der Waals surface area contributed by atoms with E-state index in [1.165, 1.54) is 0 Å². The highest BCUT2D eigenvalue weighted by molar-refractivity contribution is 6.01. The zero-order chi connectivity index (χ0) is 18.4. The van der Waals surface area contributed by atoms with Crippen LogP contribution in [0.3, 0.4) is 0 Å². The molecule has 0 saturated carbocycles. The van der Waals surface area contributed by atoms with Gasteiger partial charge >= 0.3 is 0 Å². The van der Waals surface area contributed by atoms with E-state index in [1.54, 1.807) is 6.92 Å².